The number of carbonyl (C=O) groups excluding carboxylic acids is 7. The molecule has 3 fully saturated rings. The van der Waals surface area contributed by atoms with Crippen molar-refractivity contribution in [3.8, 4) is 34.8 Å². The van der Waals surface area contributed by atoms with Crippen LogP contribution in [0.1, 0.15) is 98.4 Å². The van der Waals surface area contributed by atoms with Crippen LogP contribution in [0, 0.1) is 35.5 Å². The van der Waals surface area contributed by atoms with E-state index in [9.17, 15) is 47.1 Å². The molecule has 1 unspecified atom stereocenters. The van der Waals surface area contributed by atoms with Crippen molar-refractivity contribution in [2.75, 3.05) is 95.3 Å². The molecule has 0 bridgehead atoms. The molecule has 26 heteroatoms. The molecule has 6 amide bonds. The van der Waals surface area contributed by atoms with E-state index in [-0.39, 0.29) is 118 Å². The highest BCUT2D eigenvalue weighted by Crippen LogP contribution is 2.52. The van der Waals surface area contributed by atoms with Crippen LogP contribution < -0.4 is 39.8 Å². The number of hydrogen-bond acceptors (Lipinski definition) is 19. The highest BCUT2D eigenvalue weighted by Gasteiger charge is 2.50. The second-order valence-electron chi connectivity index (χ2n) is 24.0. The number of aliphatic hydroxyl groups excluding tert-OH is 1. The molecule has 1 saturated carbocycles. The topological polar surface area (TPSA) is 306 Å². The third-order valence-electron chi connectivity index (χ3n) is 16.9. The van der Waals surface area contributed by atoms with Gasteiger partial charge >= 0.3 is 12.1 Å². The minimum atomic E-state index is -3.70. The number of aliphatic imine (C=N–C) groups is 1. The van der Waals surface area contributed by atoms with Crippen LogP contribution in [-0.4, -0.2) is 187 Å². The number of methoxy groups -OCH3 is 2. The molecule has 4 aliphatic heterocycles. The zero-order chi connectivity index (χ0) is 65.8. The van der Waals surface area contributed by atoms with Crippen LogP contribution in [0.25, 0.3) is 0 Å². The molecule has 92 heavy (non-hydrogen) atoms. The lowest BCUT2D eigenvalue weighted by atomic mass is 10.0. The predicted octanol–water partition coefficient (Wildman–Crippen LogP) is 5.69. The Kier molecular flexibility index (Phi) is 22.7. The Morgan fingerprint density at radius 1 is 0.750 bits per heavy atom. The van der Waals surface area contributed by atoms with Crippen molar-refractivity contribution in [2.45, 2.75) is 109 Å². The third kappa shape index (κ3) is 16.9. The Morgan fingerprint density at radius 2 is 1.39 bits per heavy atom. The molecule has 0 spiro atoms. The summed E-state index contributed by atoms with van der Waals surface area (Å²) >= 11 is 0. The molecular formula is C66H81N7O18S. The number of aliphatic hydroxyl groups is 1. The maximum Gasteiger partial charge on any atom is 0.416 e. The van der Waals surface area contributed by atoms with Crippen LogP contribution >= 0.6 is 0 Å². The van der Waals surface area contributed by atoms with E-state index in [0.29, 0.717) is 70.8 Å². The quantitative estimate of drug-likeness (QED) is 0.0281. The van der Waals surface area contributed by atoms with E-state index in [1.165, 1.54) is 38.2 Å². The lowest BCUT2D eigenvalue weighted by Gasteiger charge is -2.31. The average molecular weight is 1290 g/mol. The van der Waals surface area contributed by atoms with E-state index in [4.69, 9.17) is 37.9 Å². The number of ether oxygens (including phenoxy) is 8. The molecule has 4 N–H and O–H groups in total. The number of nitrogens with zero attached hydrogens (tertiary/aromatic N) is 4. The van der Waals surface area contributed by atoms with Crippen LogP contribution in [0.5, 0.6) is 23.0 Å². The summed E-state index contributed by atoms with van der Waals surface area (Å²) in [5.74, 6) is 4.12. The fraction of sp³-hybridized carbons (Fsp3) is 0.515. The fourth-order valence-electron chi connectivity index (χ4n) is 12.0. The van der Waals surface area contributed by atoms with Gasteiger partial charge in [0, 0.05) is 63.0 Å². The molecule has 2 saturated heterocycles. The number of anilines is 2. The Balaban J connectivity index is 0.706. The molecule has 494 valence electrons. The van der Waals surface area contributed by atoms with Gasteiger partial charge in [-0.2, -0.15) is 0 Å². The molecule has 6 aliphatic rings. The third-order valence-corrected chi connectivity index (χ3v) is 18.5. The highest BCUT2D eigenvalue weighted by molar-refractivity contribution is 7.92. The monoisotopic (exact) mass is 1290 g/mol. The van der Waals surface area contributed by atoms with Gasteiger partial charge in [-0.3, -0.25) is 33.8 Å². The molecule has 25 nitrogen and oxygen atoms in total. The minimum absolute atomic E-state index is 0.00575. The smallest absolute Gasteiger partial charge is 0.416 e. The number of esters is 1. The van der Waals surface area contributed by atoms with E-state index in [1.54, 1.807) is 61.4 Å². The molecule has 0 radical (unpaired) electrons. The minimum Gasteiger partial charge on any atom is -0.493 e. The number of fused-ring (bicyclic) bond motifs is 5. The van der Waals surface area contributed by atoms with Gasteiger partial charge in [-0.25, -0.2) is 18.1 Å². The number of sulfone groups is 1. The van der Waals surface area contributed by atoms with Crippen LogP contribution in [0.3, 0.4) is 0 Å². The van der Waals surface area contributed by atoms with Gasteiger partial charge in [0.1, 0.15) is 31.1 Å². The highest BCUT2D eigenvalue weighted by atomic mass is 32.2. The molecule has 3 aromatic carbocycles. The summed E-state index contributed by atoms with van der Waals surface area (Å²) in [7, 11) is -0.802. The van der Waals surface area contributed by atoms with E-state index >= 15 is 0 Å². The second kappa shape index (κ2) is 30.7. The van der Waals surface area contributed by atoms with E-state index in [2.05, 4.69) is 45.9 Å². The number of carbonyl (C=O) groups is 7. The standard InChI is InChI=1S/C66H81N7O18S/c1-39(2)60(70-58(74)37-87-24-23-86-20-13-25-92(82,83)38-59(75)90-36-50-46-14-10-8-9-11-15-47(46)50)62(77)68-42(5)61(76)69-44-18-16-43(17-19-44)35-91-66(81)73-52-31-57(55(85-7)29-49(52)64(79)72-34-41(4)27-53(72)65(73)80)89-22-12-21-88-56-30-51-48(28-54(56)84-6)63(78)71-33-40(3)26-45(71)32-67-51/h16-19,28-32,39,42,45-47,50,53,60,65,80H,3-4,10-15,20-27,33-38H2,1-2,5-7H3,(H,68,77)(H,69,76)(H,70,74)/t42-,45-,46-,47+,50?,53-,60-,65-/m0/s1. The molecular weight excluding hydrogens is 1210 g/mol. The van der Waals surface area contributed by atoms with Crippen LogP contribution in [0.4, 0.5) is 21.9 Å². The lowest BCUT2D eigenvalue weighted by molar-refractivity contribution is -0.141. The maximum absolute atomic E-state index is 14.2. The lowest BCUT2D eigenvalue weighted by Crippen LogP contribution is -2.54. The number of hydrogen-bond donors (Lipinski definition) is 4. The molecule has 3 aromatic rings. The van der Waals surface area contributed by atoms with E-state index in [1.807, 2.05) is 0 Å². The first-order valence-corrected chi connectivity index (χ1v) is 32.8. The first kappa shape index (κ1) is 67.9. The van der Waals surface area contributed by atoms with Gasteiger partial charge in [-0.15, -0.1) is 11.8 Å². The van der Waals surface area contributed by atoms with Crippen molar-refractivity contribution in [1.82, 2.24) is 20.4 Å². The number of amides is 6. The van der Waals surface area contributed by atoms with Gasteiger partial charge in [-0.1, -0.05) is 50.3 Å². The van der Waals surface area contributed by atoms with Gasteiger partial charge in [0.15, 0.2) is 39.1 Å². The van der Waals surface area contributed by atoms with Gasteiger partial charge in [0.05, 0.1) is 87.6 Å². The Labute approximate surface area is 535 Å². The fourth-order valence-corrected chi connectivity index (χ4v) is 13.2. The molecule has 2 aliphatic carbocycles. The SMILES string of the molecule is C=C1C[C@H]2C=Nc3cc(OCCCOc4cc5c(cc4OC)C(=O)N4CC(=C)C[C@H]4[C@H](O)N5C(=O)OCc4ccc(NC(=O)[C@H](C)NC(=O)[C@@H](NC(=O)COCCOCCCS(=O)(=O)CC(=O)OCC5[C@H]6CCC#CCC[C@@H]56)C(C)C)cc4)c(OC)cc3C(=O)N2C1. The van der Waals surface area contributed by atoms with Gasteiger partial charge < -0.3 is 68.8 Å². The average Bonchev–Trinajstić information content (AvgIpc) is 1.58. The Hall–Kier alpha value is -8.51. The van der Waals surface area contributed by atoms with E-state index < -0.39 is 82.2 Å². The number of nitrogens with one attached hydrogen (secondary N) is 3. The summed E-state index contributed by atoms with van der Waals surface area (Å²) in [5, 5.41) is 20.0. The number of benzene rings is 3. The summed E-state index contributed by atoms with van der Waals surface area (Å²) in [4.78, 5) is 103. The normalized spacial score (nSPS) is 21.1. The maximum atomic E-state index is 14.2. The molecule has 4 heterocycles. The molecule has 9 rings (SSSR count). The zero-order valence-corrected chi connectivity index (χ0v) is 53.3. The summed E-state index contributed by atoms with van der Waals surface area (Å²) in [6, 6.07) is 9.45. The van der Waals surface area contributed by atoms with Gasteiger partial charge in [-0.05, 0) is 92.5 Å². The van der Waals surface area contributed by atoms with Crippen LogP contribution in [-0.2, 0) is 54.6 Å². The Morgan fingerprint density at radius 3 is 2.08 bits per heavy atom. The van der Waals surface area contributed by atoms with Crippen molar-refractivity contribution in [1.29, 1.82) is 0 Å². The zero-order valence-electron chi connectivity index (χ0n) is 52.5. The van der Waals surface area contributed by atoms with Crippen molar-refractivity contribution >= 4 is 74.7 Å². The summed E-state index contributed by atoms with van der Waals surface area (Å²) in [5.41, 5.74) is 3.41. The Bertz CT molecular complexity index is 3490. The largest absolute Gasteiger partial charge is 0.493 e. The number of rotatable bonds is 29. The van der Waals surface area contributed by atoms with Crippen LogP contribution in [0.2, 0.25) is 0 Å². The molecule has 0 aromatic heterocycles. The predicted molar refractivity (Wildman–Crippen MR) is 338 cm³/mol. The van der Waals surface area contributed by atoms with Crippen molar-refractivity contribution in [3.63, 3.8) is 0 Å². The van der Waals surface area contributed by atoms with Gasteiger partial charge in [0.2, 0.25) is 17.7 Å². The molecule has 8 atom stereocenters. The van der Waals surface area contributed by atoms with E-state index in [0.717, 1.165) is 36.2 Å². The first-order chi connectivity index (χ1) is 44.1. The van der Waals surface area contributed by atoms with Crippen molar-refractivity contribution in [3.05, 3.63) is 89.5 Å². The van der Waals surface area contributed by atoms with Gasteiger partial charge in [0.25, 0.3) is 11.8 Å². The first-order valence-electron chi connectivity index (χ1n) is 30.9. The summed E-state index contributed by atoms with van der Waals surface area (Å²) in [6.07, 6.45) is 4.19. The summed E-state index contributed by atoms with van der Waals surface area (Å²) < 4.78 is 70.6. The van der Waals surface area contributed by atoms with Crippen molar-refractivity contribution < 1.29 is 85.0 Å². The van der Waals surface area contributed by atoms with Crippen molar-refractivity contribution in [2.24, 2.45) is 28.7 Å². The summed E-state index contributed by atoms with van der Waals surface area (Å²) in [6.45, 7) is 13.6. The second-order valence-corrected chi connectivity index (χ2v) is 26.2. The van der Waals surface area contributed by atoms with Crippen LogP contribution in [0.15, 0.2) is 77.8 Å².